The lowest BCUT2D eigenvalue weighted by Crippen LogP contribution is -2.23. The fraction of sp³-hybridized carbons (Fsp3) is 0.455. The lowest BCUT2D eigenvalue weighted by atomic mass is 9.77. The van der Waals surface area contributed by atoms with Gasteiger partial charge >= 0.3 is 5.97 Å². The van der Waals surface area contributed by atoms with Crippen LogP contribution in [0.2, 0.25) is 0 Å². The van der Waals surface area contributed by atoms with Crippen molar-refractivity contribution < 1.29 is 14.6 Å². The van der Waals surface area contributed by atoms with Crippen molar-refractivity contribution in [2.24, 2.45) is 5.41 Å². The molecule has 0 atom stereocenters. The fourth-order valence-electron chi connectivity index (χ4n) is 3.94. The van der Waals surface area contributed by atoms with Crippen molar-refractivity contribution in [1.29, 1.82) is 0 Å². The summed E-state index contributed by atoms with van der Waals surface area (Å²) in [5.41, 5.74) is 1.13. The van der Waals surface area contributed by atoms with E-state index in [4.69, 9.17) is 4.74 Å². The van der Waals surface area contributed by atoms with Crippen molar-refractivity contribution in [3.63, 3.8) is 0 Å². The number of pyridine rings is 1. The topological polar surface area (TPSA) is 71.5 Å². The highest BCUT2D eigenvalue weighted by molar-refractivity contribution is 5.67. The van der Waals surface area contributed by atoms with Crippen LogP contribution in [0.5, 0.6) is 5.75 Å². The van der Waals surface area contributed by atoms with Gasteiger partial charge in [0.25, 0.3) is 0 Å². The lowest BCUT2D eigenvalue weighted by molar-refractivity contribution is -0.139. The molecule has 5 heteroatoms. The summed E-state index contributed by atoms with van der Waals surface area (Å²) in [6, 6.07) is 13.9. The minimum Gasteiger partial charge on any atom is -0.494 e. The molecule has 1 aliphatic carbocycles. The second kappa shape index (κ2) is 9.40. The summed E-state index contributed by atoms with van der Waals surface area (Å²) in [6.07, 6.45) is 8.08. The first kappa shape index (κ1) is 19.2. The van der Waals surface area contributed by atoms with Crippen molar-refractivity contribution in [1.82, 2.24) is 4.98 Å². The number of carboxylic acid groups (broad SMARTS) is 1. The van der Waals surface area contributed by atoms with Crippen LogP contribution in [-0.4, -0.2) is 29.2 Å². The summed E-state index contributed by atoms with van der Waals surface area (Å²) in [6.45, 7) is 1.45. The summed E-state index contributed by atoms with van der Waals surface area (Å²) < 4.78 is 5.80. The molecule has 3 rings (SSSR count). The van der Waals surface area contributed by atoms with Crippen molar-refractivity contribution in [2.75, 3.05) is 18.5 Å². The molecule has 0 unspecified atom stereocenters. The molecule has 1 fully saturated rings. The van der Waals surface area contributed by atoms with Crippen molar-refractivity contribution >= 4 is 11.8 Å². The number of nitrogens with zero attached hydrogens (tertiary/aromatic N) is 1. The van der Waals surface area contributed by atoms with E-state index in [-0.39, 0.29) is 11.8 Å². The number of hydrogen-bond donors (Lipinski definition) is 2. The fourth-order valence-corrected chi connectivity index (χ4v) is 3.94. The maximum atomic E-state index is 11.2. The number of carboxylic acids is 1. The molecule has 0 saturated heterocycles. The van der Waals surface area contributed by atoms with Crippen LogP contribution in [0.1, 0.15) is 44.1 Å². The monoisotopic (exact) mass is 368 g/mol. The summed E-state index contributed by atoms with van der Waals surface area (Å²) in [4.78, 5) is 15.5. The number of hydrogen-bond acceptors (Lipinski definition) is 4. The molecule has 0 amide bonds. The Morgan fingerprint density at radius 1 is 1.15 bits per heavy atom. The molecule has 0 radical (unpaired) electrons. The van der Waals surface area contributed by atoms with E-state index in [0.717, 1.165) is 56.6 Å². The Bertz CT molecular complexity index is 710. The third-order valence-electron chi connectivity index (χ3n) is 5.25. The van der Waals surface area contributed by atoms with E-state index in [2.05, 4.69) is 22.4 Å². The van der Waals surface area contributed by atoms with Gasteiger partial charge in [-0.05, 0) is 60.9 Å². The third kappa shape index (κ3) is 5.98. The number of ether oxygens (including phenoxy) is 1. The summed E-state index contributed by atoms with van der Waals surface area (Å²) in [7, 11) is 0. The largest absolute Gasteiger partial charge is 0.494 e. The number of aliphatic carboxylic acids is 1. The van der Waals surface area contributed by atoms with Gasteiger partial charge in [-0.3, -0.25) is 4.79 Å². The van der Waals surface area contributed by atoms with Gasteiger partial charge in [-0.25, -0.2) is 4.98 Å². The number of anilines is 1. The zero-order valence-electron chi connectivity index (χ0n) is 15.7. The Kier molecular flexibility index (Phi) is 6.69. The van der Waals surface area contributed by atoms with E-state index in [0.29, 0.717) is 6.61 Å². The zero-order valence-corrected chi connectivity index (χ0v) is 15.7. The van der Waals surface area contributed by atoms with Gasteiger partial charge in [-0.15, -0.1) is 0 Å². The van der Waals surface area contributed by atoms with E-state index in [1.165, 1.54) is 5.56 Å². The molecule has 2 aromatic rings. The van der Waals surface area contributed by atoms with Crippen LogP contribution in [0.4, 0.5) is 5.82 Å². The van der Waals surface area contributed by atoms with Gasteiger partial charge in [-0.1, -0.05) is 31.0 Å². The normalized spacial score (nSPS) is 15.4. The maximum absolute atomic E-state index is 11.2. The van der Waals surface area contributed by atoms with Crippen LogP contribution in [0.15, 0.2) is 48.7 Å². The molecule has 0 spiro atoms. The summed E-state index contributed by atoms with van der Waals surface area (Å²) >= 11 is 0. The van der Waals surface area contributed by atoms with E-state index in [1.807, 2.05) is 30.3 Å². The van der Waals surface area contributed by atoms with Crippen LogP contribution in [-0.2, 0) is 11.2 Å². The first-order valence-corrected chi connectivity index (χ1v) is 9.74. The Morgan fingerprint density at radius 2 is 1.93 bits per heavy atom. The Morgan fingerprint density at radius 3 is 2.59 bits per heavy atom. The van der Waals surface area contributed by atoms with Crippen molar-refractivity contribution in [2.45, 2.75) is 44.9 Å². The second-order valence-electron chi connectivity index (χ2n) is 7.44. The van der Waals surface area contributed by atoms with Crippen LogP contribution in [0.25, 0.3) is 0 Å². The number of aromatic nitrogens is 1. The molecular formula is C22H28N2O3. The van der Waals surface area contributed by atoms with Gasteiger partial charge in [0.2, 0.25) is 0 Å². The molecule has 1 aromatic carbocycles. The average Bonchev–Trinajstić information content (AvgIpc) is 3.11. The quantitative estimate of drug-likeness (QED) is 0.603. The first-order valence-electron chi connectivity index (χ1n) is 9.74. The molecule has 1 heterocycles. The van der Waals surface area contributed by atoms with Crippen molar-refractivity contribution in [3.8, 4) is 5.75 Å². The lowest BCUT2D eigenvalue weighted by Gasteiger charge is -2.27. The number of rotatable bonds is 10. The van der Waals surface area contributed by atoms with Gasteiger partial charge in [0, 0.05) is 12.7 Å². The number of carbonyl (C=O) groups is 1. The van der Waals surface area contributed by atoms with Gasteiger partial charge in [0.05, 0.1) is 13.0 Å². The van der Waals surface area contributed by atoms with Crippen LogP contribution < -0.4 is 10.1 Å². The van der Waals surface area contributed by atoms with Crippen LogP contribution >= 0.6 is 0 Å². The molecular weight excluding hydrogens is 340 g/mol. The van der Waals surface area contributed by atoms with Crippen LogP contribution in [0.3, 0.4) is 0 Å². The highest BCUT2D eigenvalue weighted by Gasteiger charge is 2.36. The molecule has 2 N–H and O–H groups in total. The number of benzene rings is 1. The minimum absolute atomic E-state index is 0.0641. The molecule has 0 bridgehead atoms. The molecule has 27 heavy (non-hydrogen) atoms. The highest BCUT2D eigenvalue weighted by Crippen LogP contribution is 2.43. The Labute approximate surface area is 160 Å². The third-order valence-corrected chi connectivity index (χ3v) is 5.25. The van der Waals surface area contributed by atoms with E-state index in [9.17, 15) is 9.90 Å². The van der Waals surface area contributed by atoms with E-state index < -0.39 is 5.97 Å². The Balaban J connectivity index is 1.42. The maximum Gasteiger partial charge on any atom is 0.303 e. The SMILES string of the molecule is O=C(O)CC1(Cc2ccc(OCCCNc3ccccn3)cc2)CCCC1. The van der Waals surface area contributed by atoms with E-state index in [1.54, 1.807) is 6.20 Å². The molecule has 1 saturated carbocycles. The highest BCUT2D eigenvalue weighted by atomic mass is 16.5. The van der Waals surface area contributed by atoms with Gasteiger partial charge in [0.15, 0.2) is 0 Å². The standard InChI is InChI=1S/C22H28N2O3/c25-21(26)17-22(11-2-3-12-22)16-18-7-9-19(10-8-18)27-15-5-14-24-20-6-1-4-13-23-20/h1,4,6-10,13H,2-3,5,11-12,14-17H2,(H,23,24)(H,25,26). The molecule has 144 valence electrons. The predicted octanol–water partition coefficient (Wildman–Crippen LogP) is 4.54. The number of nitrogens with one attached hydrogen (secondary N) is 1. The summed E-state index contributed by atoms with van der Waals surface area (Å²) in [5, 5.41) is 12.5. The molecule has 5 nitrogen and oxygen atoms in total. The van der Waals surface area contributed by atoms with E-state index >= 15 is 0 Å². The molecule has 1 aliphatic rings. The predicted molar refractivity (Wildman–Crippen MR) is 106 cm³/mol. The smallest absolute Gasteiger partial charge is 0.303 e. The van der Waals surface area contributed by atoms with Crippen molar-refractivity contribution in [3.05, 3.63) is 54.2 Å². The minimum atomic E-state index is -0.684. The van der Waals surface area contributed by atoms with Gasteiger partial charge in [-0.2, -0.15) is 0 Å². The van der Waals surface area contributed by atoms with Gasteiger partial charge in [0.1, 0.15) is 11.6 Å². The Hall–Kier alpha value is -2.56. The zero-order chi connectivity index (χ0) is 19.0. The average molecular weight is 368 g/mol. The first-order chi connectivity index (χ1) is 13.2. The molecule has 0 aliphatic heterocycles. The summed E-state index contributed by atoms with van der Waals surface area (Å²) in [5.74, 6) is 1.05. The van der Waals surface area contributed by atoms with Gasteiger partial charge < -0.3 is 15.2 Å². The van der Waals surface area contributed by atoms with Crippen LogP contribution in [0, 0.1) is 5.41 Å². The second-order valence-corrected chi connectivity index (χ2v) is 7.44. The molecule has 1 aromatic heterocycles.